The average Bonchev–Trinajstić information content (AvgIpc) is 2.15. The van der Waals surface area contributed by atoms with E-state index < -0.39 is 0 Å². The maximum absolute atomic E-state index is 10.8. The largest absolute Gasteiger partial charge is 0.354 e. The van der Waals surface area contributed by atoms with Crippen LogP contribution in [-0.2, 0) is 4.79 Å². The Morgan fingerprint density at radius 2 is 1.79 bits per heavy atom. The van der Waals surface area contributed by atoms with Gasteiger partial charge in [0, 0.05) is 13.0 Å². The van der Waals surface area contributed by atoms with Gasteiger partial charge in [-0.25, -0.2) is 0 Å². The Labute approximate surface area is 88.5 Å². The predicted octanol–water partition coefficient (Wildman–Crippen LogP) is 3.26. The first-order valence-electron chi connectivity index (χ1n) is 5.97. The summed E-state index contributed by atoms with van der Waals surface area (Å²) in [5.41, 5.74) is 0. The molecule has 0 aliphatic heterocycles. The maximum atomic E-state index is 10.8. The average molecular weight is 199 g/mol. The standard InChI is InChI=1S/C12H25NO/c1-4-6-7-8-9-10-12(5-2)13-11(3)14/h12H,4-10H2,1-3H3,(H,13,14). The van der Waals surface area contributed by atoms with Crippen LogP contribution in [0, 0.1) is 0 Å². The summed E-state index contributed by atoms with van der Waals surface area (Å²) in [7, 11) is 0. The van der Waals surface area contributed by atoms with Crippen LogP contribution in [0.3, 0.4) is 0 Å². The molecule has 0 aromatic heterocycles. The van der Waals surface area contributed by atoms with Gasteiger partial charge in [-0.15, -0.1) is 0 Å². The molecular formula is C12H25NO. The van der Waals surface area contributed by atoms with Crippen LogP contribution >= 0.6 is 0 Å². The second-order valence-corrected chi connectivity index (χ2v) is 4.01. The molecular weight excluding hydrogens is 174 g/mol. The predicted molar refractivity (Wildman–Crippen MR) is 61.3 cm³/mol. The van der Waals surface area contributed by atoms with Crippen molar-refractivity contribution in [1.82, 2.24) is 5.32 Å². The van der Waals surface area contributed by atoms with Gasteiger partial charge in [0.05, 0.1) is 0 Å². The Morgan fingerprint density at radius 1 is 1.14 bits per heavy atom. The van der Waals surface area contributed by atoms with Crippen LogP contribution in [0.15, 0.2) is 0 Å². The second-order valence-electron chi connectivity index (χ2n) is 4.01. The molecule has 2 heteroatoms. The number of hydrogen-bond acceptors (Lipinski definition) is 1. The first-order chi connectivity index (χ1) is 6.70. The van der Waals surface area contributed by atoms with Crippen molar-refractivity contribution in [3.63, 3.8) is 0 Å². The Bertz CT molecular complexity index is 145. The van der Waals surface area contributed by atoms with E-state index in [2.05, 4.69) is 19.2 Å². The maximum Gasteiger partial charge on any atom is 0.217 e. The quantitative estimate of drug-likeness (QED) is 0.597. The first-order valence-corrected chi connectivity index (χ1v) is 5.97. The number of hydrogen-bond donors (Lipinski definition) is 1. The second kappa shape index (κ2) is 9.04. The van der Waals surface area contributed by atoms with E-state index >= 15 is 0 Å². The fraction of sp³-hybridized carbons (Fsp3) is 0.917. The van der Waals surface area contributed by atoms with Crippen LogP contribution in [0.1, 0.15) is 65.7 Å². The van der Waals surface area contributed by atoms with Crippen LogP contribution in [0.5, 0.6) is 0 Å². The van der Waals surface area contributed by atoms with E-state index in [1.807, 2.05) is 0 Å². The van der Waals surface area contributed by atoms with Crippen LogP contribution in [-0.4, -0.2) is 11.9 Å². The van der Waals surface area contributed by atoms with Gasteiger partial charge in [-0.1, -0.05) is 46.0 Å². The molecule has 0 saturated heterocycles. The van der Waals surface area contributed by atoms with Crippen LogP contribution < -0.4 is 5.32 Å². The highest BCUT2D eigenvalue weighted by atomic mass is 16.1. The summed E-state index contributed by atoms with van der Waals surface area (Å²) in [6.07, 6.45) is 8.72. The Kier molecular flexibility index (Phi) is 8.70. The molecule has 0 aliphatic rings. The van der Waals surface area contributed by atoms with Gasteiger partial charge in [-0.3, -0.25) is 4.79 Å². The van der Waals surface area contributed by atoms with E-state index in [1.165, 1.54) is 32.1 Å². The molecule has 0 saturated carbocycles. The van der Waals surface area contributed by atoms with E-state index in [0.717, 1.165) is 12.8 Å². The molecule has 84 valence electrons. The van der Waals surface area contributed by atoms with Gasteiger partial charge in [0.2, 0.25) is 5.91 Å². The zero-order valence-electron chi connectivity index (χ0n) is 9.94. The van der Waals surface area contributed by atoms with Gasteiger partial charge in [0.15, 0.2) is 0 Å². The third-order valence-electron chi connectivity index (χ3n) is 2.56. The Morgan fingerprint density at radius 3 is 2.29 bits per heavy atom. The number of carbonyl (C=O) groups is 1. The molecule has 1 atom stereocenters. The lowest BCUT2D eigenvalue weighted by Crippen LogP contribution is -2.32. The van der Waals surface area contributed by atoms with Crippen molar-refractivity contribution in [3.8, 4) is 0 Å². The molecule has 0 rings (SSSR count). The molecule has 0 aromatic carbocycles. The monoisotopic (exact) mass is 199 g/mol. The van der Waals surface area contributed by atoms with Crippen molar-refractivity contribution in [1.29, 1.82) is 0 Å². The molecule has 14 heavy (non-hydrogen) atoms. The third kappa shape index (κ3) is 8.09. The van der Waals surface area contributed by atoms with E-state index in [0.29, 0.717) is 6.04 Å². The summed E-state index contributed by atoms with van der Waals surface area (Å²) >= 11 is 0. The highest BCUT2D eigenvalue weighted by molar-refractivity contribution is 5.73. The summed E-state index contributed by atoms with van der Waals surface area (Å²) in [5, 5.41) is 2.98. The van der Waals surface area contributed by atoms with Gasteiger partial charge in [0.25, 0.3) is 0 Å². The van der Waals surface area contributed by atoms with E-state index in [1.54, 1.807) is 6.92 Å². The topological polar surface area (TPSA) is 29.1 Å². The number of unbranched alkanes of at least 4 members (excludes halogenated alkanes) is 4. The van der Waals surface area contributed by atoms with Gasteiger partial charge < -0.3 is 5.32 Å². The highest BCUT2D eigenvalue weighted by Crippen LogP contribution is 2.08. The summed E-state index contributed by atoms with van der Waals surface area (Å²) in [5.74, 6) is 0.102. The Hall–Kier alpha value is -0.530. The van der Waals surface area contributed by atoms with Crippen molar-refractivity contribution in [3.05, 3.63) is 0 Å². The molecule has 0 spiro atoms. The van der Waals surface area contributed by atoms with Gasteiger partial charge >= 0.3 is 0 Å². The van der Waals surface area contributed by atoms with Crippen molar-refractivity contribution >= 4 is 5.91 Å². The lowest BCUT2D eigenvalue weighted by molar-refractivity contribution is -0.119. The minimum absolute atomic E-state index is 0.102. The van der Waals surface area contributed by atoms with Gasteiger partial charge in [0.1, 0.15) is 0 Å². The zero-order chi connectivity index (χ0) is 10.8. The molecule has 1 unspecified atom stereocenters. The number of amides is 1. The number of carbonyl (C=O) groups excluding carboxylic acids is 1. The molecule has 0 aliphatic carbocycles. The fourth-order valence-corrected chi connectivity index (χ4v) is 1.66. The summed E-state index contributed by atoms with van der Waals surface area (Å²) in [6.45, 7) is 5.96. The fourth-order valence-electron chi connectivity index (χ4n) is 1.66. The molecule has 1 amide bonds. The molecule has 1 N–H and O–H groups in total. The molecule has 0 bridgehead atoms. The van der Waals surface area contributed by atoms with E-state index in [9.17, 15) is 4.79 Å². The van der Waals surface area contributed by atoms with Crippen LogP contribution in [0.25, 0.3) is 0 Å². The summed E-state index contributed by atoms with van der Waals surface area (Å²) < 4.78 is 0. The molecule has 2 nitrogen and oxygen atoms in total. The zero-order valence-corrected chi connectivity index (χ0v) is 9.94. The third-order valence-corrected chi connectivity index (χ3v) is 2.56. The van der Waals surface area contributed by atoms with Crippen molar-refractivity contribution in [2.45, 2.75) is 71.8 Å². The normalized spacial score (nSPS) is 12.5. The van der Waals surface area contributed by atoms with Crippen LogP contribution in [0.4, 0.5) is 0 Å². The lowest BCUT2D eigenvalue weighted by atomic mass is 10.0. The first kappa shape index (κ1) is 13.5. The Balaban J connectivity index is 3.38. The SMILES string of the molecule is CCCCCCCC(CC)NC(C)=O. The summed E-state index contributed by atoms with van der Waals surface area (Å²) in [4.78, 5) is 10.8. The lowest BCUT2D eigenvalue weighted by Gasteiger charge is -2.15. The molecule has 0 radical (unpaired) electrons. The van der Waals surface area contributed by atoms with Gasteiger partial charge in [-0.05, 0) is 12.8 Å². The van der Waals surface area contributed by atoms with Crippen molar-refractivity contribution in [2.24, 2.45) is 0 Å². The smallest absolute Gasteiger partial charge is 0.217 e. The molecule has 0 fully saturated rings. The summed E-state index contributed by atoms with van der Waals surface area (Å²) in [6, 6.07) is 0.397. The van der Waals surface area contributed by atoms with E-state index in [-0.39, 0.29) is 5.91 Å². The van der Waals surface area contributed by atoms with Crippen molar-refractivity contribution < 1.29 is 4.79 Å². The molecule has 0 aromatic rings. The minimum atomic E-state index is 0.102. The van der Waals surface area contributed by atoms with Gasteiger partial charge in [-0.2, -0.15) is 0 Å². The number of rotatable bonds is 8. The highest BCUT2D eigenvalue weighted by Gasteiger charge is 2.05. The van der Waals surface area contributed by atoms with Crippen LogP contribution in [0.2, 0.25) is 0 Å². The minimum Gasteiger partial charge on any atom is -0.354 e. The number of nitrogens with one attached hydrogen (secondary N) is 1. The van der Waals surface area contributed by atoms with E-state index in [4.69, 9.17) is 0 Å². The molecule has 0 heterocycles. The van der Waals surface area contributed by atoms with Crippen molar-refractivity contribution in [2.75, 3.05) is 0 Å².